The van der Waals surface area contributed by atoms with Crippen molar-refractivity contribution in [3.05, 3.63) is 52.9 Å². The topological polar surface area (TPSA) is 82.2 Å². The summed E-state index contributed by atoms with van der Waals surface area (Å²) in [6.07, 6.45) is 0.517. The first-order valence-electron chi connectivity index (χ1n) is 4.94. The average molecular weight is 230 g/mol. The van der Waals surface area contributed by atoms with Crippen molar-refractivity contribution in [2.75, 3.05) is 5.32 Å². The second-order valence-corrected chi connectivity index (χ2v) is 3.45. The van der Waals surface area contributed by atoms with Crippen LogP contribution in [-0.2, 0) is 0 Å². The molecule has 1 aromatic carbocycles. The Bertz CT molecular complexity index is 567. The number of aromatic nitrogens is 1. The number of carboxylic acid groups (broad SMARTS) is 1. The maximum absolute atomic E-state index is 10.9. The van der Waals surface area contributed by atoms with E-state index in [2.05, 4.69) is 10.3 Å². The summed E-state index contributed by atoms with van der Waals surface area (Å²) < 4.78 is 0. The van der Waals surface area contributed by atoms with Crippen LogP contribution in [0.25, 0.3) is 11.1 Å². The maximum Gasteiger partial charge on any atom is 0.409 e. The molecule has 2 rings (SSSR count). The van der Waals surface area contributed by atoms with Gasteiger partial charge in [0.15, 0.2) is 0 Å². The zero-order valence-corrected chi connectivity index (χ0v) is 8.81. The smallest absolute Gasteiger partial charge is 0.409 e. The molecular weight excluding hydrogens is 220 g/mol. The van der Waals surface area contributed by atoms with Gasteiger partial charge in [0.05, 0.1) is 0 Å². The first-order valence-corrected chi connectivity index (χ1v) is 4.94. The van der Waals surface area contributed by atoms with Crippen LogP contribution in [0.3, 0.4) is 0 Å². The van der Waals surface area contributed by atoms with Gasteiger partial charge >= 0.3 is 6.09 Å². The van der Waals surface area contributed by atoms with Crippen LogP contribution in [0.5, 0.6) is 0 Å². The van der Waals surface area contributed by atoms with E-state index in [0.717, 1.165) is 11.1 Å². The van der Waals surface area contributed by atoms with Crippen LogP contribution in [0.1, 0.15) is 0 Å². The van der Waals surface area contributed by atoms with Crippen LogP contribution in [0.2, 0.25) is 0 Å². The lowest BCUT2D eigenvalue weighted by Gasteiger charge is -2.03. The molecular formula is C12H10N2O3. The number of H-pyrrole nitrogens is 1. The van der Waals surface area contributed by atoms with Crippen molar-refractivity contribution in [2.45, 2.75) is 0 Å². The zero-order chi connectivity index (χ0) is 12.3. The van der Waals surface area contributed by atoms with Crippen molar-refractivity contribution in [3.63, 3.8) is 0 Å². The van der Waals surface area contributed by atoms with E-state index >= 15 is 0 Å². The van der Waals surface area contributed by atoms with Crippen molar-refractivity contribution in [1.82, 2.24) is 4.98 Å². The van der Waals surface area contributed by atoms with Gasteiger partial charge < -0.3 is 10.1 Å². The number of pyridine rings is 1. The molecule has 5 heteroatoms. The number of amides is 1. The number of nitrogens with one attached hydrogen (secondary N) is 2. The van der Waals surface area contributed by atoms with E-state index in [1.54, 1.807) is 36.5 Å². The summed E-state index contributed by atoms with van der Waals surface area (Å²) in [5, 5.41) is 10.8. The van der Waals surface area contributed by atoms with Gasteiger partial charge in [0.2, 0.25) is 5.56 Å². The Morgan fingerprint density at radius 1 is 1.06 bits per heavy atom. The summed E-state index contributed by atoms with van der Waals surface area (Å²) in [7, 11) is 0. The third kappa shape index (κ3) is 2.72. The van der Waals surface area contributed by atoms with Crippen molar-refractivity contribution in [3.8, 4) is 11.1 Å². The number of hydrogen-bond donors (Lipinski definition) is 3. The Labute approximate surface area is 96.7 Å². The number of rotatable bonds is 2. The number of benzene rings is 1. The van der Waals surface area contributed by atoms with Crippen LogP contribution in [0.15, 0.2) is 47.4 Å². The summed E-state index contributed by atoms with van der Waals surface area (Å²) in [6.45, 7) is 0. The Morgan fingerprint density at radius 2 is 1.71 bits per heavy atom. The van der Waals surface area contributed by atoms with E-state index < -0.39 is 6.09 Å². The van der Waals surface area contributed by atoms with E-state index in [0.29, 0.717) is 5.69 Å². The molecule has 0 unspecified atom stereocenters. The molecule has 0 saturated carbocycles. The first-order chi connectivity index (χ1) is 8.15. The highest BCUT2D eigenvalue weighted by Crippen LogP contribution is 2.19. The van der Waals surface area contributed by atoms with Gasteiger partial charge in [-0.25, -0.2) is 4.79 Å². The summed E-state index contributed by atoms with van der Waals surface area (Å²) in [5.41, 5.74) is 2.12. The van der Waals surface area contributed by atoms with Crippen LogP contribution in [-0.4, -0.2) is 16.2 Å². The van der Waals surface area contributed by atoms with Gasteiger partial charge in [0.1, 0.15) is 0 Å². The number of hydrogen-bond acceptors (Lipinski definition) is 2. The fourth-order valence-electron chi connectivity index (χ4n) is 1.46. The second kappa shape index (κ2) is 4.52. The summed E-state index contributed by atoms with van der Waals surface area (Å²) in [5.74, 6) is 0. The van der Waals surface area contributed by atoms with Crippen molar-refractivity contribution >= 4 is 11.8 Å². The predicted molar refractivity (Wildman–Crippen MR) is 64.1 cm³/mol. The molecule has 0 aliphatic heterocycles. The Morgan fingerprint density at radius 3 is 2.24 bits per heavy atom. The largest absolute Gasteiger partial charge is 0.465 e. The number of carbonyl (C=O) groups is 1. The van der Waals surface area contributed by atoms with Gasteiger partial charge in [-0.3, -0.25) is 10.1 Å². The fraction of sp³-hybridized carbons (Fsp3) is 0. The molecule has 1 heterocycles. The van der Waals surface area contributed by atoms with Gasteiger partial charge in [-0.2, -0.15) is 0 Å². The lowest BCUT2D eigenvalue weighted by molar-refractivity contribution is 0.210. The molecule has 0 aliphatic carbocycles. The van der Waals surface area contributed by atoms with Gasteiger partial charge in [0, 0.05) is 18.0 Å². The molecule has 0 atom stereocenters. The molecule has 0 aliphatic rings. The first kappa shape index (κ1) is 10.9. The Balaban J connectivity index is 2.26. The number of anilines is 1. The molecule has 0 saturated heterocycles. The van der Waals surface area contributed by atoms with Crippen LogP contribution >= 0.6 is 0 Å². The average Bonchev–Trinajstić information content (AvgIpc) is 2.30. The zero-order valence-electron chi connectivity index (χ0n) is 8.81. The number of aromatic amines is 1. The van der Waals surface area contributed by atoms with E-state index in [1.165, 1.54) is 6.07 Å². The third-order valence-corrected chi connectivity index (χ3v) is 2.25. The van der Waals surface area contributed by atoms with Crippen LogP contribution in [0, 0.1) is 0 Å². The monoisotopic (exact) mass is 230 g/mol. The molecule has 0 fully saturated rings. The van der Waals surface area contributed by atoms with Gasteiger partial charge in [0.25, 0.3) is 0 Å². The van der Waals surface area contributed by atoms with Crippen molar-refractivity contribution in [2.24, 2.45) is 0 Å². The van der Waals surface area contributed by atoms with Crippen molar-refractivity contribution < 1.29 is 9.90 Å². The van der Waals surface area contributed by atoms with E-state index in [4.69, 9.17) is 5.11 Å². The van der Waals surface area contributed by atoms with Crippen LogP contribution in [0.4, 0.5) is 10.5 Å². The summed E-state index contributed by atoms with van der Waals surface area (Å²) in [4.78, 5) is 23.9. The second-order valence-electron chi connectivity index (χ2n) is 3.45. The molecule has 1 amide bonds. The quantitative estimate of drug-likeness (QED) is 0.739. The normalized spacial score (nSPS) is 9.88. The molecule has 86 valence electrons. The van der Waals surface area contributed by atoms with Gasteiger partial charge in [-0.15, -0.1) is 0 Å². The molecule has 17 heavy (non-hydrogen) atoms. The molecule has 3 N–H and O–H groups in total. The third-order valence-electron chi connectivity index (χ3n) is 2.25. The highest BCUT2D eigenvalue weighted by atomic mass is 16.4. The van der Waals surface area contributed by atoms with E-state index in [-0.39, 0.29) is 5.56 Å². The van der Waals surface area contributed by atoms with Gasteiger partial charge in [-0.05, 0) is 29.3 Å². The molecule has 2 aromatic rings. The van der Waals surface area contributed by atoms with Gasteiger partial charge in [-0.1, -0.05) is 12.1 Å². The molecule has 0 spiro atoms. The molecule has 0 radical (unpaired) electrons. The van der Waals surface area contributed by atoms with Crippen molar-refractivity contribution in [1.29, 1.82) is 0 Å². The summed E-state index contributed by atoms with van der Waals surface area (Å²) in [6, 6.07) is 10.0. The summed E-state index contributed by atoms with van der Waals surface area (Å²) >= 11 is 0. The van der Waals surface area contributed by atoms with E-state index in [1.807, 2.05) is 0 Å². The minimum atomic E-state index is -1.10. The highest BCUT2D eigenvalue weighted by Gasteiger charge is 2.00. The lowest BCUT2D eigenvalue weighted by Crippen LogP contribution is -2.06. The lowest BCUT2D eigenvalue weighted by atomic mass is 10.1. The molecule has 1 aromatic heterocycles. The van der Waals surface area contributed by atoms with E-state index in [9.17, 15) is 9.59 Å². The minimum absolute atomic E-state index is 0.155. The van der Waals surface area contributed by atoms with Crippen LogP contribution < -0.4 is 10.9 Å². The SMILES string of the molecule is O=C(O)Nc1ccc(-c2ccc(=O)[nH]c2)cc1. The molecule has 0 bridgehead atoms. The highest BCUT2D eigenvalue weighted by molar-refractivity contribution is 5.83. The maximum atomic E-state index is 10.9. The fourth-order valence-corrected chi connectivity index (χ4v) is 1.46. The Kier molecular flexibility index (Phi) is 2.91. The predicted octanol–water partition coefficient (Wildman–Crippen LogP) is 2.13. The molecule has 5 nitrogen and oxygen atoms in total. The standard InChI is InChI=1S/C12H10N2O3/c15-11-6-3-9(7-13-11)8-1-4-10(5-2-8)14-12(16)17/h1-7,14H,(H,13,15)(H,16,17). The minimum Gasteiger partial charge on any atom is -0.465 e. The Hall–Kier alpha value is -2.56.